The van der Waals surface area contributed by atoms with Crippen LogP contribution in [0.3, 0.4) is 0 Å². The maximum absolute atomic E-state index is 12.0. The van der Waals surface area contributed by atoms with Gasteiger partial charge in [-0.2, -0.15) is 0 Å². The molecule has 1 fully saturated rings. The van der Waals surface area contributed by atoms with Gasteiger partial charge in [0, 0.05) is 32.6 Å². The van der Waals surface area contributed by atoms with Gasteiger partial charge in [0.2, 0.25) is 5.91 Å². The Hall–Kier alpha value is -1.10. The standard InChI is InChI=1S/C15H28N2O3/c1-3-4-5-6-7-8-14(18)17-11-9-16(10-12-17)13(2)15(19)20/h13H,3-12H2,1-2H3,(H,19,20). The number of piperazine rings is 1. The molecule has 0 radical (unpaired) electrons. The van der Waals surface area contributed by atoms with E-state index in [1.54, 1.807) is 6.92 Å². The minimum Gasteiger partial charge on any atom is -0.480 e. The number of unbranched alkanes of at least 4 members (excludes halogenated alkanes) is 4. The number of carbonyl (C=O) groups is 2. The van der Waals surface area contributed by atoms with Gasteiger partial charge >= 0.3 is 5.97 Å². The lowest BCUT2D eigenvalue weighted by Gasteiger charge is -2.36. The zero-order valence-corrected chi connectivity index (χ0v) is 12.8. The van der Waals surface area contributed by atoms with Crippen LogP contribution in [0.15, 0.2) is 0 Å². The number of hydrogen-bond acceptors (Lipinski definition) is 3. The molecule has 1 rings (SSSR count). The van der Waals surface area contributed by atoms with Crippen LogP contribution in [0.2, 0.25) is 0 Å². The Labute approximate surface area is 121 Å². The third-order valence-corrected chi connectivity index (χ3v) is 4.07. The highest BCUT2D eigenvalue weighted by Crippen LogP contribution is 2.11. The fraction of sp³-hybridized carbons (Fsp3) is 0.867. The number of carbonyl (C=O) groups excluding carboxylic acids is 1. The van der Waals surface area contributed by atoms with Crippen molar-refractivity contribution in [2.24, 2.45) is 0 Å². The molecule has 1 saturated heterocycles. The van der Waals surface area contributed by atoms with Crippen molar-refractivity contribution in [2.45, 2.75) is 58.4 Å². The fourth-order valence-electron chi connectivity index (χ4n) is 2.55. The molecular formula is C15H28N2O3. The molecule has 0 saturated carbocycles. The van der Waals surface area contributed by atoms with Crippen molar-refractivity contribution in [3.05, 3.63) is 0 Å². The molecule has 1 unspecified atom stereocenters. The third-order valence-electron chi connectivity index (χ3n) is 4.07. The molecule has 5 heteroatoms. The summed E-state index contributed by atoms with van der Waals surface area (Å²) in [6, 6.07) is -0.457. The summed E-state index contributed by atoms with van der Waals surface area (Å²) >= 11 is 0. The quantitative estimate of drug-likeness (QED) is 0.692. The number of amides is 1. The van der Waals surface area contributed by atoms with Crippen molar-refractivity contribution < 1.29 is 14.7 Å². The Kier molecular flexibility index (Phi) is 7.59. The van der Waals surface area contributed by atoms with Gasteiger partial charge in [0.25, 0.3) is 0 Å². The summed E-state index contributed by atoms with van der Waals surface area (Å²) in [6.07, 6.45) is 6.43. The molecule has 116 valence electrons. The molecule has 0 aliphatic carbocycles. The molecule has 0 bridgehead atoms. The highest BCUT2D eigenvalue weighted by atomic mass is 16.4. The van der Waals surface area contributed by atoms with Gasteiger partial charge in [0.05, 0.1) is 0 Å². The number of aliphatic carboxylic acids is 1. The van der Waals surface area contributed by atoms with Crippen LogP contribution in [0.5, 0.6) is 0 Å². The monoisotopic (exact) mass is 284 g/mol. The summed E-state index contributed by atoms with van der Waals surface area (Å²) in [4.78, 5) is 26.8. The maximum atomic E-state index is 12.0. The van der Waals surface area contributed by atoms with Crippen LogP contribution >= 0.6 is 0 Å². The molecule has 0 aromatic rings. The van der Waals surface area contributed by atoms with Crippen molar-refractivity contribution in [2.75, 3.05) is 26.2 Å². The highest BCUT2D eigenvalue weighted by Gasteiger charge is 2.26. The van der Waals surface area contributed by atoms with Crippen LogP contribution < -0.4 is 0 Å². The van der Waals surface area contributed by atoms with E-state index in [2.05, 4.69) is 6.92 Å². The van der Waals surface area contributed by atoms with E-state index in [-0.39, 0.29) is 5.91 Å². The Morgan fingerprint density at radius 1 is 1.05 bits per heavy atom. The number of carboxylic acid groups (broad SMARTS) is 1. The Balaban J connectivity index is 2.20. The van der Waals surface area contributed by atoms with Gasteiger partial charge in [0.1, 0.15) is 6.04 Å². The molecule has 0 aromatic carbocycles. The molecule has 1 N–H and O–H groups in total. The van der Waals surface area contributed by atoms with Crippen LogP contribution in [0.4, 0.5) is 0 Å². The highest BCUT2D eigenvalue weighted by molar-refractivity contribution is 5.76. The van der Waals surface area contributed by atoms with Crippen molar-refractivity contribution >= 4 is 11.9 Å². The molecular weight excluding hydrogens is 256 g/mol. The fourth-order valence-corrected chi connectivity index (χ4v) is 2.55. The summed E-state index contributed by atoms with van der Waals surface area (Å²) in [5.74, 6) is -0.565. The molecule has 1 atom stereocenters. The number of carboxylic acids is 1. The van der Waals surface area contributed by atoms with E-state index in [0.717, 1.165) is 12.8 Å². The summed E-state index contributed by atoms with van der Waals surface area (Å²) in [5.41, 5.74) is 0. The third kappa shape index (κ3) is 5.49. The molecule has 0 aromatic heterocycles. The molecule has 1 amide bonds. The van der Waals surface area contributed by atoms with Crippen molar-refractivity contribution in [1.82, 2.24) is 9.80 Å². The molecule has 5 nitrogen and oxygen atoms in total. The van der Waals surface area contributed by atoms with Gasteiger partial charge in [0.15, 0.2) is 0 Å². The molecule has 1 heterocycles. The molecule has 1 aliphatic heterocycles. The van der Waals surface area contributed by atoms with Crippen LogP contribution in [-0.4, -0.2) is 59.0 Å². The Morgan fingerprint density at radius 2 is 1.65 bits per heavy atom. The normalized spacial score (nSPS) is 18.0. The van der Waals surface area contributed by atoms with E-state index in [1.165, 1.54) is 19.3 Å². The lowest BCUT2D eigenvalue weighted by Crippen LogP contribution is -2.53. The predicted octanol–water partition coefficient (Wildman–Crippen LogP) is 1.96. The first-order valence-corrected chi connectivity index (χ1v) is 7.81. The van der Waals surface area contributed by atoms with Gasteiger partial charge in [-0.25, -0.2) is 0 Å². The summed E-state index contributed by atoms with van der Waals surface area (Å²) in [5, 5.41) is 8.97. The van der Waals surface area contributed by atoms with E-state index in [1.807, 2.05) is 9.80 Å². The van der Waals surface area contributed by atoms with Crippen LogP contribution in [0.1, 0.15) is 52.4 Å². The molecule has 20 heavy (non-hydrogen) atoms. The average molecular weight is 284 g/mol. The van der Waals surface area contributed by atoms with E-state index >= 15 is 0 Å². The minimum atomic E-state index is -0.791. The first kappa shape index (κ1) is 17.0. The maximum Gasteiger partial charge on any atom is 0.320 e. The lowest BCUT2D eigenvalue weighted by molar-refractivity contribution is -0.144. The first-order chi connectivity index (χ1) is 9.56. The smallest absolute Gasteiger partial charge is 0.320 e. The number of rotatable bonds is 8. The van der Waals surface area contributed by atoms with Crippen LogP contribution in [-0.2, 0) is 9.59 Å². The van der Waals surface area contributed by atoms with Gasteiger partial charge in [-0.1, -0.05) is 32.6 Å². The second-order valence-corrected chi connectivity index (χ2v) is 5.60. The SMILES string of the molecule is CCCCCCCC(=O)N1CCN(C(C)C(=O)O)CC1. The lowest BCUT2D eigenvalue weighted by atomic mass is 10.1. The predicted molar refractivity (Wildman–Crippen MR) is 78.6 cm³/mol. The van der Waals surface area contributed by atoms with E-state index in [9.17, 15) is 9.59 Å². The van der Waals surface area contributed by atoms with Crippen LogP contribution in [0, 0.1) is 0 Å². The van der Waals surface area contributed by atoms with Crippen LogP contribution in [0.25, 0.3) is 0 Å². The van der Waals surface area contributed by atoms with Crippen molar-refractivity contribution in [3.8, 4) is 0 Å². The van der Waals surface area contributed by atoms with Gasteiger partial charge in [-0.15, -0.1) is 0 Å². The topological polar surface area (TPSA) is 60.9 Å². The van der Waals surface area contributed by atoms with E-state index in [4.69, 9.17) is 5.11 Å². The second kappa shape index (κ2) is 8.95. The molecule has 0 spiro atoms. The number of hydrogen-bond donors (Lipinski definition) is 1. The number of nitrogens with zero attached hydrogens (tertiary/aromatic N) is 2. The summed E-state index contributed by atoms with van der Waals surface area (Å²) in [7, 11) is 0. The van der Waals surface area contributed by atoms with Gasteiger partial charge < -0.3 is 10.0 Å². The van der Waals surface area contributed by atoms with Gasteiger partial charge in [-0.05, 0) is 13.3 Å². The largest absolute Gasteiger partial charge is 0.480 e. The van der Waals surface area contributed by atoms with Gasteiger partial charge in [-0.3, -0.25) is 14.5 Å². The second-order valence-electron chi connectivity index (χ2n) is 5.60. The first-order valence-electron chi connectivity index (χ1n) is 7.81. The summed E-state index contributed by atoms with van der Waals surface area (Å²) < 4.78 is 0. The Morgan fingerprint density at radius 3 is 2.20 bits per heavy atom. The molecule has 1 aliphatic rings. The summed E-state index contributed by atoms with van der Waals surface area (Å²) in [6.45, 7) is 6.53. The van der Waals surface area contributed by atoms with Crippen molar-refractivity contribution in [1.29, 1.82) is 0 Å². The Bertz CT molecular complexity index is 312. The zero-order valence-electron chi connectivity index (χ0n) is 12.8. The zero-order chi connectivity index (χ0) is 15.0. The average Bonchev–Trinajstić information content (AvgIpc) is 2.46. The van der Waals surface area contributed by atoms with E-state index < -0.39 is 12.0 Å². The van der Waals surface area contributed by atoms with Crippen molar-refractivity contribution in [3.63, 3.8) is 0 Å². The minimum absolute atomic E-state index is 0.226. The van der Waals surface area contributed by atoms with E-state index in [0.29, 0.717) is 32.6 Å².